The summed E-state index contributed by atoms with van der Waals surface area (Å²) in [5.41, 5.74) is 4.01. The predicted molar refractivity (Wildman–Crippen MR) is 141 cm³/mol. The van der Waals surface area contributed by atoms with Crippen LogP contribution in [0.2, 0.25) is 0 Å². The molecule has 1 amide bonds. The second kappa shape index (κ2) is 11.1. The predicted octanol–water partition coefficient (Wildman–Crippen LogP) is 6.77. The summed E-state index contributed by atoms with van der Waals surface area (Å²) in [6, 6.07) is 26.5. The van der Waals surface area contributed by atoms with Crippen LogP contribution in [-0.4, -0.2) is 34.7 Å². The third-order valence-corrected chi connectivity index (χ3v) is 5.80. The van der Waals surface area contributed by atoms with Crippen LogP contribution in [0, 0.1) is 0 Å². The Morgan fingerprint density at radius 2 is 1.51 bits per heavy atom. The number of amides is 1. The molecule has 0 saturated heterocycles. The standard InChI is InChI=1S/C30H34N2O3/c1-30(2,3)35-29(33)32(18-16-23-10-6-4-7-11-23)19-17-25-21-31-28-20-26(14-15-27(25)28)34-22-24-12-8-5-9-13-24/h4-15,20-21,31H,16-19,22H2,1-3H3. The van der Waals surface area contributed by atoms with Gasteiger partial charge < -0.3 is 19.4 Å². The molecule has 5 heteroatoms. The van der Waals surface area contributed by atoms with Gasteiger partial charge in [-0.25, -0.2) is 4.79 Å². The van der Waals surface area contributed by atoms with Crippen LogP contribution in [0.5, 0.6) is 5.75 Å². The molecular weight excluding hydrogens is 436 g/mol. The first kappa shape index (κ1) is 24.4. The summed E-state index contributed by atoms with van der Waals surface area (Å²) in [4.78, 5) is 18.1. The van der Waals surface area contributed by atoms with E-state index in [9.17, 15) is 4.79 Å². The van der Waals surface area contributed by atoms with Crippen LogP contribution >= 0.6 is 0 Å². The minimum Gasteiger partial charge on any atom is -0.489 e. The minimum atomic E-state index is -0.529. The molecule has 3 aromatic carbocycles. The fraction of sp³-hybridized carbons (Fsp3) is 0.300. The van der Waals surface area contributed by atoms with Crippen molar-refractivity contribution < 1.29 is 14.3 Å². The Morgan fingerprint density at radius 3 is 2.20 bits per heavy atom. The highest BCUT2D eigenvalue weighted by Crippen LogP contribution is 2.25. The fourth-order valence-corrected chi connectivity index (χ4v) is 3.99. The SMILES string of the molecule is CC(C)(C)OC(=O)N(CCc1ccccc1)CCc1c[nH]c2cc(OCc3ccccc3)ccc12. The summed E-state index contributed by atoms with van der Waals surface area (Å²) < 4.78 is 11.7. The first-order chi connectivity index (χ1) is 16.9. The quantitative estimate of drug-likeness (QED) is 0.294. The van der Waals surface area contributed by atoms with Gasteiger partial charge in [-0.05, 0) is 62.4 Å². The number of hydrogen-bond acceptors (Lipinski definition) is 3. The molecule has 0 bridgehead atoms. The molecule has 4 rings (SSSR count). The number of rotatable bonds is 9. The second-order valence-corrected chi connectivity index (χ2v) is 9.75. The Labute approximate surface area is 207 Å². The highest BCUT2D eigenvalue weighted by molar-refractivity contribution is 5.84. The van der Waals surface area contributed by atoms with Crippen LogP contribution in [0.25, 0.3) is 10.9 Å². The summed E-state index contributed by atoms with van der Waals surface area (Å²) in [5, 5.41) is 1.14. The van der Waals surface area contributed by atoms with Crippen molar-refractivity contribution in [2.24, 2.45) is 0 Å². The zero-order chi connectivity index (χ0) is 24.7. The molecule has 1 N–H and O–H groups in total. The van der Waals surface area contributed by atoms with E-state index in [1.807, 2.05) is 80.4 Å². The van der Waals surface area contributed by atoms with Crippen molar-refractivity contribution in [1.29, 1.82) is 0 Å². The smallest absolute Gasteiger partial charge is 0.410 e. The molecule has 0 fully saturated rings. The maximum absolute atomic E-state index is 12.9. The molecule has 0 aliphatic heterocycles. The maximum Gasteiger partial charge on any atom is 0.410 e. The lowest BCUT2D eigenvalue weighted by Gasteiger charge is -2.27. The molecule has 0 atom stereocenters. The number of aromatic nitrogens is 1. The van der Waals surface area contributed by atoms with Gasteiger partial charge in [-0.1, -0.05) is 60.7 Å². The van der Waals surface area contributed by atoms with Gasteiger partial charge in [0.25, 0.3) is 0 Å². The number of ether oxygens (including phenoxy) is 2. The van der Waals surface area contributed by atoms with Crippen molar-refractivity contribution in [3.8, 4) is 5.75 Å². The molecule has 0 radical (unpaired) electrons. The number of aromatic amines is 1. The molecule has 0 aliphatic carbocycles. The molecular formula is C30H34N2O3. The van der Waals surface area contributed by atoms with E-state index < -0.39 is 5.60 Å². The van der Waals surface area contributed by atoms with Gasteiger partial charge in [-0.3, -0.25) is 0 Å². The number of benzene rings is 3. The number of hydrogen-bond donors (Lipinski definition) is 1. The lowest BCUT2D eigenvalue weighted by molar-refractivity contribution is 0.0254. The minimum absolute atomic E-state index is 0.273. The first-order valence-corrected chi connectivity index (χ1v) is 12.2. The third-order valence-electron chi connectivity index (χ3n) is 5.80. The van der Waals surface area contributed by atoms with Crippen LogP contribution in [0.3, 0.4) is 0 Å². The Morgan fingerprint density at radius 1 is 0.857 bits per heavy atom. The van der Waals surface area contributed by atoms with Gasteiger partial charge in [-0.2, -0.15) is 0 Å². The monoisotopic (exact) mass is 470 g/mol. The van der Waals surface area contributed by atoms with Gasteiger partial charge >= 0.3 is 6.09 Å². The van der Waals surface area contributed by atoms with Crippen molar-refractivity contribution in [1.82, 2.24) is 9.88 Å². The molecule has 0 saturated carbocycles. The number of H-pyrrole nitrogens is 1. The maximum atomic E-state index is 12.9. The van der Waals surface area contributed by atoms with Gasteiger partial charge in [0, 0.05) is 36.3 Å². The Hall–Kier alpha value is -3.73. The number of carbonyl (C=O) groups excluding carboxylic acids is 1. The molecule has 0 spiro atoms. The van der Waals surface area contributed by atoms with Gasteiger partial charge in [0.2, 0.25) is 0 Å². The average molecular weight is 471 g/mol. The zero-order valence-corrected chi connectivity index (χ0v) is 20.8. The summed E-state index contributed by atoms with van der Waals surface area (Å²) in [6.07, 6.45) is 3.27. The molecule has 1 aromatic heterocycles. The van der Waals surface area contributed by atoms with E-state index in [4.69, 9.17) is 9.47 Å². The van der Waals surface area contributed by atoms with Gasteiger partial charge in [0.1, 0.15) is 18.0 Å². The molecule has 0 unspecified atom stereocenters. The fourth-order valence-electron chi connectivity index (χ4n) is 3.99. The molecule has 1 heterocycles. The van der Waals surface area contributed by atoms with E-state index in [0.717, 1.165) is 35.1 Å². The van der Waals surface area contributed by atoms with Crippen molar-refractivity contribution in [2.75, 3.05) is 13.1 Å². The highest BCUT2D eigenvalue weighted by atomic mass is 16.6. The first-order valence-electron chi connectivity index (χ1n) is 12.2. The molecule has 4 aromatic rings. The van der Waals surface area contributed by atoms with Gasteiger partial charge in [-0.15, -0.1) is 0 Å². The van der Waals surface area contributed by atoms with Crippen LogP contribution in [0.1, 0.15) is 37.5 Å². The third kappa shape index (κ3) is 7.12. The summed E-state index contributed by atoms with van der Waals surface area (Å²) in [5.74, 6) is 0.827. The van der Waals surface area contributed by atoms with Crippen LogP contribution < -0.4 is 4.74 Å². The Balaban J connectivity index is 1.41. The average Bonchev–Trinajstić information content (AvgIpc) is 3.25. The molecule has 35 heavy (non-hydrogen) atoms. The number of fused-ring (bicyclic) bond motifs is 1. The van der Waals surface area contributed by atoms with E-state index in [2.05, 4.69) is 35.3 Å². The van der Waals surface area contributed by atoms with E-state index >= 15 is 0 Å². The van der Waals surface area contributed by atoms with Gasteiger partial charge in [0.15, 0.2) is 0 Å². The van der Waals surface area contributed by atoms with Crippen LogP contribution in [-0.2, 0) is 24.2 Å². The Kier molecular flexibility index (Phi) is 7.76. The van der Waals surface area contributed by atoms with Crippen molar-refractivity contribution in [2.45, 2.75) is 45.8 Å². The zero-order valence-electron chi connectivity index (χ0n) is 20.8. The van der Waals surface area contributed by atoms with E-state index in [1.54, 1.807) is 0 Å². The highest BCUT2D eigenvalue weighted by Gasteiger charge is 2.22. The lowest BCUT2D eigenvalue weighted by atomic mass is 10.1. The second-order valence-electron chi connectivity index (χ2n) is 9.75. The topological polar surface area (TPSA) is 54.6 Å². The molecule has 182 valence electrons. The van der Waals surface area contributed by atoms with Crippen molar-refractivity contribution in [3.63, 3.8) is 0 Å². The van der Waals surface area contributed by atoms with Gasteiger partial charge in [0.05, 0.1) is 0 Å². The molecule has 0 aliphatic rings. The van der Waals surface area contributed by atoms with Crippen molar-refractivity contribution in [3.05, 3.63) is 102 Å². The normalized spacial score (nSPS) is 11.4. The number of carbonyl (C=O) groups is 1. The van der Waals surface area contributed by atoms with Crippen molar-refractivity contribution >= 4 is 17.0 Å². The number of nitrogens with one attached hydrogen (secondary N) is 1. The largest absolute Gasteiger partial charge is 0.489 e. The lowest BCUT2D eigenvalue weighted by Crippen LogP contribution is -2.39. The van der Waals surface area contributed by atoms with Crippen LogP contribution in [0.15, 0.2) is 85.1 Å². The van der Waals surface area contributed by atoms with Crippen LogP contribution in [0.4, 0.5) is 4.79 Å². The summed E-state index contributed by atoms with van der Waals surface area (Å²) >= 11 is 0. The van der Waals surface area contributed by atoms with E-state index in [1.165, 1.54) is 11.1 Å². The summed E-state index contributed by atoms with van der Waals surface area (Å²) in [7, 11) is 0. The van der Waals surface area contributed by atoms with E-state index in [-0.39, 0.29) is 6.09 Å². The summed E-state index contributed by atoms with van der Waals surface area (Å²) in [6.45, 7) is 7.43. The molecule has 5 nitrogen and oxygen atoms in total. The van der Waals surface area contributed by atoms with E-state index in [0.29, 0.717) is 19.7 Å². The number of nitrogens with zero attached hydrogens (tertiary/aromatic N) is 1. The Bertz CT molecular complexity index is 1230.